The molecular formula is C20H36O3Si. The lowest BCUT2D eigenvalue weighted by atomic mass is 10.1. The molecule has 0 aliphatic heterocycles. The Kier molecular flexibility index (Phi) is 7.81. The maximum Gasteiger partial charge on any atom is 0.258 e. The summed E-state index contributed by atoms with van der Waals surface area (Å²) < 4.78 is 12.6. The summed E-state index contributed by atoms with van der Waals surface area (Å²) in [5, 5.41) is 9.06. The third kappa shape index (κ3) is 4.76. The highest BCUT2D eigenvalue weighted by atomic mass is 28.4. The largest absolute Gasteiger partial charge is 0.546 e. The molecule has 0 radical (unpaired) electrons. The van der Waals surface area contributed by atoms with Gasteiger partial charge in [-0.05, 0) is 42.1 Å². The number of rotatable bonds is 9. The lowest BCUT2D eigenvalue weighted by molar-refractivity contribution is 0.271. The predicted octanol–water partition coefficient (Wildman–Crippen LogP) is 6.32. The first-order valence-corrected chi connectivity index (χ1v) is 11.4. The molecule has 1 atom stereocenters. The second-order valence-corrected chi connectivity index (χ2v) is 13.2. The number of aliphatic hydroxyl groups is 1. The SMILES string of the molecule is C/C(=C/c1ccc([C@H](C)CCO)o1)O[Si](C(C)C)(C(C)C)C(C)C. The lowest BCUT2D eigenvalue weighted by Gasteiger charge is -2.42. The van der Waals surface area contributed by atoms with Crippen molar-refractivity contribution in [2.45, 2.75) is 84.4 Å². The van der Waals surface area contributed by atoms with Crippen molar-refractivity contribution in [3.8, 4) is 0 Å². The van der Waals surface area contributed by atoms with Gasteiger partial charge in [0.05, 0.1) is 5.76 Å². The number of furan rings is 1. The van der Waals surface area contributed by atoms with Gasteiger partial charge in [0, 0.05) is 18.6 Å². The highest BCUT2D eigenvalue weighted by molar-refractivity contribution is 6.77. The third-order valence-corrected chi connectivity index (χ3v) is 11.2. The molecule has 1 N–H and O–H groups in total. The van der Waals surface area contributed by atoms with Crippen molar-refractivity contribution < 1.29 is 13.9 Å². The third-order valence-electron chi connectivity index (χ3n) is 5.09. The summed E-state index contributed by atoms with van der Waals surface area (Å²) in [6.45, 7) is 18.0. The highest BCUT2D eigenvalue weighted by Gasteiger charge is 2.46. The normalized spacial score (nSPS) is 14.8. The van der Waals surface area contributed by atoms with E-state index in [4.69, 9.17) is 13.9 Å². The van der Waals surface area contributed by atoms with E-state index in [0.29, 0.717) is 16.6 Å². The van der Waals surface area contributed by atoms with Gasteiger partial charge in [-0.2, -0.15) is 0 Å². The molecule has 1 aromatic heterocycles. The van der Waals surface area contributed by atoms with Crippen molar-refractivity contribution in [3.63, 3.8) is 0 Å². The summed E-state index contributed by atoms with van der Waals surface area (Å²) in [5.74, 6) is 2.91. The van der Waals surface area contributed by atoms with Crippen molar-refractivity contribution in [1.29, 1.82) is 0 Å². The predicted molar refractivity (Wildman–Crippen MR) is 105 cm³/mol. The molecule has 0 saturated carbocycles. The summed E-state index contributed by atoms with van der Waals surface area (Å²) in [6, 6.07) is 3.98. The van der Waals surface area contributed by atoms with Gasteiger partial charge in [0.15, 0.2) is 0 Å². The molecule has 0 fully saturated rings. The molecule has 138 valence electrons. The molecule has 24 heavy (non-hydrogen) atoms. The van der Waals surface area contributed by atoms with Gasteiger partial charge in [0.1, 0.15) is 11.5 Å². The highest BCUT2D eigenvalue weighted by Crippen LogP contribution is 2.43. The van der Waals surface area contributed by atoms with Crippen LogP contribution in [0.1, 0.15) is 79.2 Å². The molecule has 0 bridgehead atoms. The van der Waals surface area contributed by atoms with Crippen LogP contribution in [0, 0.1) is 0 Å². The average molecular weight is 353 g/mol. The van der Waals surface area contributed by atoms with E-state index in [9.17, 15) is 0 Å². The Morgan fingerprint density at radius 1 is 1.08 bits per heavy atom. The maximum atomic E-state index is 9.06. The first kappa shape index (κ1) is 21.0. The van der Waals surface area contributed by atoms with Gasteiger partial charge >= 0.3 is 0 Å². The van der Waals surface area contributed by atoms with Crippen LogP contribution in [0.5, 0.6) is 0 Å². The maximum absolute atomic E-state index is 9.06. The first-order chi connectivity index (χ1) is 11.1. The van der Waals surface area contributed by atoms with Crippen LogP contribution in [0.15, 0.2) is 22.3 Å². The molecule has 0 unspecified atom stereocenters. The van der Waals surface area contributed by atoms with Crippen molar-refractivity contribution in [2.75, 3.05) is 6.61 Å². The Bertz CT molecular complexity index is 507. The minimum Gasteiger partial charge on any atom is -0.546 e. The molecule has 3 nitrogen and oxygen atoms in total. The molecule has 0 amide bonds. The van der Waals surface area contributed by atoms with E-state index in [0.717, 1.165) is 23.7 Å². The van der Waals surface area contributed by atoms with Crippen LogP contribution in [0.25, 0.3) is 6.08 Å². The molecule has 0 saturated heterocycles. The van der Waals surface area contributed by atoms with Crippen LogP contribution in [0.2, 0.25) is 16.6 Å². The molecule has 1 rings (SSSR count). The standard InChI is InChI=1S/C20H36O3Si/c1-14(2)24(15(3)4,16(5)6)23-18(8)13-19-9-10-20(22-19)17(7)11-12-21/h9-10,13-17,21H,11-12H2,1-8H3/b18-13-/t17-/m1/s1. The molecular weight excluding hydrogens is 316 g/mol. The fraction of sp³-hybridized carbons (Fsp3) is 0.700. The van der Waals surface area contributed by atoms with Crippen molar-refractivity contribution in [3.05, 3.63) is 29.4 Å². The fourth-order valence-corrected chi connectivity index (χ4v) is 9.23. The summed E-state index contributed by atoms with van der Waals surface area (Å²) in [6.07, 6.45) is 2.72. The van der Waals surface area contributed by atoms with Gasteiger partial charge in [0.25, 0.3) is 8.32 Å². The fourth-order valence-electron chi connectivity index (χ4n) is 3.91. The Balaban J connectivity index is 2.99. The lowest BCUT2D eigenvalue weighted by Crippen LogP contribution is -2.47. The van der Waals surface area contributed by atoms with Crippen LogP contribution in [0.4, 0.5) is 0 Å². The average Bonchev–Trinajstić information content (AvgIpc) is 2.92. The molecule has 1 aromatic rings. The van der Waals surface area contributed by atoms with Crippen LogP contribution in [0.3, 0.4) is 0 Å². The zero-order valence-electron chi connectivity index (χ0n) is 16.7. The van der Waals surface area contributed by atoms with E-state index in [1.807, 2.05) is 25.1 Å². The van der Waals surface area contributed by atoms with Gasteiger partial charge in [-0.3, -0.25) is 0 Å². The molecule has 4 heteroatoms. The van der Waals surface area contributed by atoms with Crippen LogP contribution in [-0.2, 0) is 4.43 Å². The van der Waals surface area contributed by atoms with Crippen molar-refractivity contribution in [2.24, 2.45) is 0 Å². The van der Waals surface area contributed by atoms with Gasteiger partial charge < -0.3 is 13.9 Å². The minimum atomic E-state index is -1.92. The summed E-state index contributed by atoms with van der Waals surface area (Å²) in [5.41, 5.74) is 1.66. The van der Waals surface area contributed by atoms with E-state index in [-0.39, 0.29) is 12.5 Å². The van der Waals surface area contributed by atoms with E-state index in [2.05, 4.69) is 48.5 Å². The molecule has 0 aliphatic rings. The zero-order valence-corrected chi connectivity index (χ0v) is 17.7. The summed E-state index contributed by atoms with van der Waals surface area (Å²) in [7, 11) is -1.92. The smallest absolute Gasteiger partial charge is 0.258 e. The number of aliphatic hydroxyl groups excluding tert-OH is 1. The number of hydrogen-bond donors (Lipinski definition) is 1. The Labute approximate surface area is 149 Å². The summed E-state index contributed by atoms with van der Waals surface area (Å²) >= 11 is 0. The van der Waals surface area contributed by atoms with E-state index in [1.165, 1.54) is 0 Å². The van der Waals surface area contributed by atoms with Gasteiger partial charge in [-0.25, -0.2) is 0 Å². The second kappa shape index (κ2) is 8.91. The molecule has 0 aromatic carbocycles. The quantitative estimate of drug-likeness (QED) is 0.418. The van der Waals surface area contributed by atoms with E-state index < -0.39 is 8.32 Å². The number of allylic oxidation sites excluding steroid dienone is 1. The van der Waals surface area contributed by atoms with Crippen molar-refractivity contribution >= 4 is 14.4 Å². The minimum absolute atomic E-state index is 0.181. The summed E-state index contributed by atoms with van der Waals surface area (Å²) in [4.78, 5) is 0. The molecule has 1 heterocycles. The van der Waals surface area contributed by atoms with Crippen LogP contribution >= 0.6 is 0 Å². The topological polar surface area (TPSA) is 42.6 Å². The molecule has 0 aliphatic carbocycles. The monoisotopic (exact) mass is 352 g/mol. The second-order valence-electron chi connectivity index (χ2n) is 7.83. The number of hydrogen-bond acceptors (Lipinski definition) is 3. The van der Waals surface area contributed by atoms with E-state index in [1.54, 1.807) is 0 Å². The van der Waals surface area contributed by atoms with Gasteiger partial charge in [-0.1, -0.05) is 48.5 Å². The van der Waals surface area contributed by atoms with Gasteiger partial charge in [-0.15, -0.1) is 0 Å². The Hall–Kier alpha value is -1.00. The van der Waals surface area contributed by atoms with Gasteiger partial charge in [0.2, 0.25) is 0 Å². The Morgan fingerprint density at radius 3 is 2.08 bits per heavy atom. The van der Waals surface area contributed by atoms with E-state index >= 15 is 0 Å². The van der Waals surface area contributed by atoms with Crippen molar-refractivity contribution in [1.82, 2.24) is 0 Å². The first-order valence-electron chi connectivity index (χ1n) is 9.23. The Morgan fingerprint density at radius 2 is 1.62 bits per heavy atom. The zero-order chi connectivity index (χ0) is 18.5. The van der Waals surface area contributed by atoms with Crippen LogP contribution < -0.4 is 0 Å². The van der Waals surface area contributed by atoms with Crippen LogP contribution in [-0.4, -0.2) is 20.0 Å². The molecule has 0 spiro atoms.